The summed E-state index contributed by atoms with van der Waals surface area (Å²) < 4.78 is 14.3. The number of nitrogens with zero attached hydrogens (tertiary/aromatic N) is 1. The highest BCUT2D eigenvalue weighted by molar-refractivity contribution is 9.10. The van der Waals surface area contributed by atoms with E-state index in [0.717, 1.165) is 4.47 Å². The molecule has 1 heterocycles. The highest BCUT2D eigenvalue weighted by Gasteiger charge is 2.34. The number of nitrogens with one attached hydrogen (secondary N) is 1. The summed E-state index contributed by atoms with van der Waals surface area (Å²) in [5, 5.41) is 3.31. The van der Waals surface area contributed by atoms with E-state index in [-0.39, 0.29) is 24.2 Å². The van der Waals surface area contributed by atoms with Crippen LogP contribution < -0.4 is 5.32 Å². The third-order valence-corrected chi connectivity index (χ3v) is 5.45. The maximum Gasteiger partial charge on any atom is 0.255 e. The SMILES string of the molecule is O=C1CN(C(=O)c2cccc(Br)c2)[C@@H](c2ccc(F)cc2)c2cc(Cl)ccc2N1. The van der Waals surface area contributed by atoms with Crippen LogP contribution in [0.4, 0.5) is 10.1 Å². The van der Waals surface area contributed by atoms with E-state index >= 15 is 0 Å². The molecule has 0 aromatic heterocycles. The van der Waals surface area contributed by atoms with E-state index in [2.05, 4.69) is 21.2 Å². The van der Waals surface area contributed by atoms with Gasteiger partial charge in [-0.15, -0.1) is 0 Å². The minimum atomic E-state index is -0.616. The van der Waals surface area contributed by atoms with Crippen LogP contribution in [0.15, 0.2) is 71.2 Å². The summed E-state index contributed by atoms with van der Waals surface area (Å²) in [7, 11) is 0. The highest BCUT2D eigenvalue weighted by atomic mass is 79.9. The van der Waals surface area contributed by atoms with Gasteiger partial charge in [-0.2, -0.15) is 0 Å². The molecule has 3 aromatic carbocycles. The fourth-order valence-electron chi connectivity index (χ4n) is 3.46. The largest absolute Gasteiger partial charge is 0.324 e. The van der Waals surface area contributed by atoms with Gasteiger partial charge in [0.1, 0.15) is 12.4 Å². The van der Waals surface area contributed by atoms with Crippen molar-refractivity contribution < 1.29 is 14.0 Å². The zero-order valence-corrected chi connectivity index (χ0v) is 17.4. The molecule has 1 aliphatic heterocycles. The number of carbonyl (C=O) groups is 2. The van der Waals surface area contributed by atoms with Crippen molar-refractivity contribution in [3.63, 3.8) is 0 Å². The topological polar surface area (TPSA) is 49.4 Å². The van der Waals surface area contributed by atoms with Crippen LogP contribution >= 0.6 is 27.5 Å². The van der Waals surface area contributed by atoms with Crippen molar-refractivity contribution in [1.82, 2.24) is 4.90 Å². The van der Waals surface area contributed by atoms with Crippen LogP contribution in [0.25, 0.3) is 0 Å². The van der Waals surface area contributed by atoms with Crippen LogP contribution in [0.5, 0.6) is 0 Å². The maximum atomic E-state index is 13.5. The van der Waals surface area contributed by atoms with Gasteiger partial charge in [-0.05, 0) is 54.1 Å². The molecule has 146 valence electrons. The lowest BCUT2D eigenvalue weighted by atomic mass is 9.95. The van der Waals surface area contributed by atoms with Crippen molar-refractivity contribution in [2.24, 2.45) is 0 Å². The smallest absolute Gasteiger partial charge is 0.255 e. The average Bonchev–Trinajstić information content (AvgIpc) is 2.84. The Hall–Kier alpha value is -2.70. The predicted molar refractivity (Wildman–Crippen MR) is 114 cm³/mol. The first kappa shape index (κ1) is 19.6. The molecule has 1 atom stereocenters. The summed E-state index contributed by atoms with van der Waals surface area (Å²) in [5.74, 6) is -1.02. The lowest BCUT2D eigenvalue weighted by Gasteiger charge is -2.30. The van der Waals surface area contributed by atoms with E-state index in [1.165, 1.54) is 17.0 Å². The normalized spacial score (nSPS) is 16.0. The molecule has 0 fully saturated rings. The predicted octanol–water partition coefficient (Wildman–Crippen LogP) is 5.43. The minimum Gasteiger partial charge on any atom is -0.324 e. The maximum absolute atomic E-state index is 13.5. The summed E-state index contributed by atoms with van der Waals surface area (Å²) >= 11 is 9.60. The number of amides is 2. The zero-order chi connectivity index (χ0) is 20.5. The Morgan fingerprint density at radius 2 is 1.86 bits per heavy atom. The molecule has 0 aliphatic carbocycles. The van der Waals surface area contributed by atoms with E-state index in [9.17, 15) is 14.0 Å². The Labute approximate surface area is 180 Å². The van der Waals surface area contributed by atoms with Gasteiger partial charge in [0, 0.05) is 26.3 Å². The van der Waals surface area contributed by atoms with Crippen LogP contribution in [0.2, 0.25) is 5.02 Å². The van der Waals surface area contributed by atoms with Gasteiger partial charge in [-0.25, -0.2) is 4.39 Å². The molecule has 7 heteroatoms. The van der Waals surface area contributed by atoms with E-state index in [4.69, 9.17) is 11.6 Å². The lowest BCUT2D eigenvalue weighted by Crippen LogP contribution is -2.39. The molecule has 4 rings (SSSR count). The van der Waals surface area contributed by atoms with Gasteiger partial charge in [0.15, 0.2) is 0 Å². The quantitative estimate of drug-likeness (QED) is 0.540. The van der Waals surface area contributed by atoms with Crippen LogP contribution in [0.3, 0.4) is 0 Å². The summed E-state index contributed by atoms with van der Waals surface area (Å²) in [4.78, 5) is 27.5. The monoisotopic (exact) mass is 472 g/mol. The van der Waals surface area contributed by atoms with Crippen molar-refractivity contribution in [3.05, 3.63) is 98.7 Å². The van der Waals surface area contributed by atoms with E-state index in [1.807, 2.05) is 6.07 Å². The van der Waals surface area contributed by atoms with Crippen LogP contribution in [0.1, 0.15) is 27.5 Å². The van der Waals surface area contributed by atoms with E-state index in [0.29, 0.717) is 27.4 Å². The molecular weight excluding hydrogens is 459 g/mol. The molecule has 1 aliphatic rings. The van der Waals surface area contributed by atoms with Gasteiger partial charge in [0.05, 0.1) is 6.04 Å². The molecule has 0 saturated carbocycles. The molecule has 4 nitrogen and oxygen atoms in total. The molecule has 0 unspecified atom stereocenters. The van der Waals surface area contributed by atoms with Crippen molar-refractivity contribution in [2.75, 3.05) is 11.9 Å². The Morgan fingerprint density at radius 1 is 1.10 bits per heavy atom. The molecule has 1 N–H and O–H groups in total. The number of benzene rings is 3. The number of carbonyl (C=O) groups excluding carboxylic acids is 2. The number of fused-ring (bicyclic) bond motifs is 1. The molecule has 2 amide bonds. The first-order chi connectivity index (χ1) is 13.9. The zero-order valence-electron chi connectivity index (χ0n) is 15.0. The average molecular weight is 474 g/mol. The molecule has 0 radical (unpaired) electrons. The van der Waals surface area contributed by atoms with Crippen molar-refractivity contribution >= 4 is 45.0 Å². The van der Waals surface area contributed by atoms with Crippen molar-refractivity contribution in [2.45, 2.75) is 6.04 Å². The van der Waals surface area contributed by atoms with E-state index < -0.39 is 6.04 Å². The molecule has 3 aromatic rings. The first-order valence-corrected chi connectivity index (χ1v) is 10.0. The fraction of sp³-hybridized carbons (Fsp3) is 0.0909. The van der Waals surface area contributed by atoms with Crippen molar-refractivity contribution in [1.29, 1.82) is 0 Å². The van der Waals surface area contributed by atoms with Gasteiger partial charge in [-0.1, -0.05) is 45.7 Å². The van der Waals surface area contributed by atoms with Crippen LogP contribution in [-0.4, -0.2) is 23.3 Å². The molecule has 29 heavy (non-hydrogen) atoms. The number of hydrogen-bond acceptors (Lipinski definition) is 2. The van der Waals surface area contributed by atoms with Crippen molar-refractivity contribution in [3.8, 4) is 0 Å². The number of anilines is 1. The standard InChI is InChI=1S/C22H15BrClFN2O2/c23-15-3-1-2-14(10-15)22(29)27-12-20(28)26-19-9-6-16(24)11-18(19)21(27)13-4-7-17(25)8-5-13/h1-11,21H,12H2,(H,26,28)/t21-/m0/s1. The molecule has 0 saturated heterocycles. The summed E-state index contributed by atoms with van der Waals surface area (Å²) in [6.45, 7) is -0.153. The number of rotatable bonds is 2. The van der Waals surface area contributed by atoms with Crippen LogP contribution in [0, 0.1) is 5.82 Å². The third-order valence-electron chi connectivity index (χ3n) is 4.73. The summed E-state index contributed by atoms with van der Waals surface area (Å²) in [5.41, 5.74) is 2.34. The molecular formula is C22H15BrClFN2O2. The number of halogens is 3. The fourth-order valence-corrected chi connectivity index (χ4v) is 4.04. The van der Waals surface area contributed by atoms with Gasteiger partial charge < -0.3 is 10.2 Å². The Bertz CT molecular complexity index is 1100. The second-order valence-electron chi connectivity index (χ2n) is 6.68. The summed E-state index contributed by atoms with van der Waals surface area (Å²) in [6.07, 6.45) is 0. The Kier molecular flexibility index (Phi) is 5.39. The van der Waals surface area contributed by atoms with E-state index in [1.54, 1.807) is 48.5 Å². The molecule has 0 bridgehead atoms. The summed E-state index contributed by atoms with van der Waals surface area (Å²) in [6, 6.07) is 17.3. The van der Waals surface area contributed by atoms with Gasteiger partial charge in [-0.3, -0.25) is 9.59 Å². The minimum absolute atomic E-state index is 0.153. The highest BCUT2D eigenvalue weighted by Crippen LogP contribution is 2.38. The third kappa shape index (κ3) is 4.04. The van der Waals surface area contributed by atoms with Gasteiger partial charge in [0.2, 0.25) is 5.91 Å². The second kappa shape index (κ2) is 7.97. The Morgan fingerprint density at radius 3 is 2.59 bits per heavy atom. The van der Waals surface area contributed by atoms with Gasteiger partial charge >= 0.3 is 0 Å². The van der Waals surface area contributed by atoms with Crippen LogP contribution in [-0.2, 0) is 4.79 Å². The Balaban J connectivity index is 1.90. The second-order valence-corrected chi connectivity index (χ2v) is 8.03. The number of hydrogen-bond donors (Lipinski definition) is 1. The molecule has 0 spiro atoms. The van der Waals surface area contributed by atoms with Gasteiger partial charge in [0.25, 0.3) is 5.91 Å². The first-order valence-electron chi connectivity index (χ1n) is 8.83. The lowest BCUT2D eigenvalue weighted by molar-refractivity contribution is -0.117.